The van der Waals surface area contributed by atoms with Gasteiger partial charge in [0.25, 0.3) is 0 Å². The second-order valence-electron chi connectivity index (χ2n) is 2.66. The number of pyridine rings is 1. The molecule has 0 N–H and O–H groups in total. The molecule has 0 aliphatic carbocycles. The van der Waals surface area contributed by atoms with Gasteiger partial charge in [-0.15, -0.1) is 0 Å². The summed E-state index contributed by atoms with van der Waals surface area (Å²) in [5.41, 5.74) is 0. The molecule has 69 valence electrons. The van der Waals surface area contributed by atoms with Gasteiger partial charge in [-0.25, -0.2) is 4.39 Å². The highest BCUT2D eigenvalue weighted by molar-refractivity contribution is 5.28. The fraction of sp³-hybridized carbons (Fsp3) is 0. The Bertz CT molecular complexity index is 417. The molecule has 0 saturated heterocycles. The monoisotopic (exact) mass is 188 g/mol. The van der Waals surface area contributed by atoms with Crippen molar-refractivity contribution in [1.82, 2.24) is 4.98 Å². The second-order valence-corrected chi connectivity index (χ2v) is 2.66. The van der Waals surface area contributed by atoms with E-state index in [1.54, 1.807) is 24.5 Å². The second kappa shape index (κ2) is 3.87. The van der Waals surface area contributed by atoms with Crippen molar-refractivity contribution in [2.45, 2.75) is 0 Å². The number of hydrogen-bond donors (Lipinski definition) is 0. The fourth-order valence-electron chi connectivity index (χ4n) is 1.01. The van der Waals surface area contributed by atoms with E-state index in [4.69, 9.17) is 4.74 Å². The van der Waals surface area contributed by atoms with Crippen molar-refractivity contribution in [2.75, 3.05) is 0 Å². The molecule has 2 rings (SSSR count). The molecule has 1 aromatic heterocycles. The van der Waals surface area contributed by atoms with Crippen molar-refractivity contribution in [3.05, 3.63) is 54.6 Å². The van der Waals surface area contributed by atoms with Crippen LogP contribution in [0.5, 0.6) is 11.5 Å². The molecule has 0 amide bonds. The molecular formula is C11H7FNO. The summed E-state index contributed by atoms with van der Waals surface area (Å²) in [5, 5.41) is 0. The first-order valence-electron chi connectivity index (χ1n) is 4.10. The van der Waals surface area contributed by atoms with Crippen LogP contribution in [0.3, 0.4) is 0 Å². The molecule has 1 radical (unpaired) electrons. The first kappa shape index (κ1) is 8.69. The van der Waals surface area contributed by atoms with Gasteiger partial charge in [0.1, 0.15) is 17.3 Å². The van der Waals surface area contributed by atoms with Crippen LogP contribution in [0.2, 0.25) is 0 Å². The molecule has 2 aromatic rings. The van der Waals surface area contributed by atoms with Gasteiger partial charge in [0.2, 0.25) is 0 Å². The van der Waals surface area contributed by atoms with Crippen molar-refractivity contribution in [3.8, 4) is 11.5 Å². The van der Waals surface area contributed by atoms with E-state index in [0.29, 0.717) is 11.5 Å². The fourth-order valence-corrected chi connectivity index (χ4v) is 1.01. The minimum Gasteiger partial charge on any atom is -0.455 e. The molecule has 1 heterocycles. The summed E-state index contributed by atoms with van der Waals surface area (Å²) < 4.78 is 18.1. The van der Waals surface area contributed by atoms with Crippen LogP contribution >= 0.6 is 0 Å². The lowest BCUT2D eigenvalue weighted by Gasteiger charge is -2.03. The molecular weight excluding hydrogens is 181 g/mol. The normalized spacial score (nSPS) is 9.79. The first-order chi connectivity index (χ1) is 6.84. The van der Waals surface area contributed by atoms with Gasteiger partial charge >= 0.3 is 0 Å². The summed E-state index contributed by atoms with van der Waals surface area (Å²) in [5.74, 6) is 0.565. The SMILES string of the molecule is Fc1cc[c]c(Oc2cccnc2)c1. The third-order valence-electron chi connectivity index (χ3n) is 1.60. The minimum absolute atomic E-state index is 0.345. The van der Waals surface area contributed by atoms with Crippen molar-refractivity contribution in [1.29, 1.82) is 0 Å². The lowest BCUT2D eigenvalue weighted by Crippen LogP contribution is -1.85. The largest absolute Gasteiger partial charge is 0.455 e. The van der Waals surface area contributed by atoms with Crippen molar-refractivity contribution in [3.63, 3.8) is 0 Å². The van der Waals surface area contributed by atoms with Gasteiger partial charge in [-0.05, 0) is 24.3 Å². The standard InChI is InChI=1S/C11H7FNO/c12-9-3-1-4-10(7-9)14-11-5-2-6-13-8-11/h1-3,5-8H. The summed E-state index contributed by atoms with van der Waals surface area (Å²) in [7, 11) is 0. The molecule has 0 aliphatic rings. The van der Waals surface area contributed by atoms with Crippen LogP contribution in [0, 0.1) is 11.9 Å². The zero-order valence-corrected chi connectivity index (χ0v) is 7.27. The number of halogens is 1. The molecule has 14 heavy (non-hydrogen) atoms. The van der Waals surface area contributed by atoms with Gasteiger partial charge in [-0.1, -0.05) is 0 Å². The summed E-state index contributed by atoms with van der Waals surface area (Å²) in [6.45, 7) is 0. The molecule has 1 aromatic carbocycles. The van der Waals surface area contributed by atoms with Gasteiger partial charge in [-0.2, -0.15) is 0 Å². The van der Waals surface area contributed by atoms with E-state index in [-0.39, 0.29) is 5.82 Å². The van der Waals surface area contributed by atoms with Crippen LogP contribution in [0.4, 0.5) is 4.39 Å². The van der Waals surface area contributed by atoms with Crippen LogP contribution in [0.1, 0.15) is 0 Å². The highest BCUT2D eigenvalue weighted by atomic mass is 19.1. The molecule has 0 saturated carbocycles. The van der Waals surface area contributed by atoms with Crippen LogP contribution in [-0.2, 0) is 0 Å². The molecule has 2 nitrogen and oxygen atoms in total. The maximum absolute atomic E-state index is 12.8. The Morgan fingerprint density at radius 2 is 2.29 bits per heavy atom. The van der Waals surface area contributed by atoms with Crippen LogP contribution in [0.15, 0.2) is 42.7 Å². The number of rotatable bonds is 2. The van der Waals surface area contributed by atoms with Crippen molar-refractivity contribution in [2.24, 2.45) is 0 Å². The Kier molecular flexibility index (Phi) is 2.40. The highest BCUT2D eigenvalue weighted by Crippen LogP contribution is 2.19. The minimum atomic E-state index is -0.345. The third kappa shape index (κ3) is 2.07. The van der Waals surface area contributed by atoms with E-state index >= 15 is 0 Å². The lowest BCUT2D eigenvalue weighted by atomic mass is 10.3. The van der Waals surface area contributed by atoms with E-state index < -0.39 is 0 Å². The number of aromatic nitrogens is 1. The molecule has 0 bridgehead atoms. The Balaban J connectivity index is 2.19. The van der Waals surface area contributed by atoms with Crippen LogP contribution < -0.4 is 4.74 Å². The summed E-state index contributed by atoms with van der Waals surface area (Å²) in [4.78, 5) is 3.87. The Morgan fingerprint density at radius 3 is 3.00 bits per heavy atom. The number of ether oxygens (including phenoxy) is 1. The van der Waals surface area contributed by atoms with E-state index in [2.05, 4.69) is 11.1 Å². The maximum Gasteiger partial charge on any atom is 0.145 e. The smallest absolute Gasteiger partial charge is 0.145 e. The van der Waals surface area contributed by atoms with E-state index in [1.807, 2.05) is 0 Å². The molecule has 0 fully saturated rings. The average molecular weight is 188 g/mol. The molecule has 0 atom stereocenters. The average Bonchev–Trinajstić information content (AvgIpc) is 2.19. The Morgan fingerprint density at radius 1 is 1.36 bits per heavy atom. The van der Waals surface area contributed by atoms with Gasteiger partial charge in [0, 0.05) is 18.3 Å². The van der Waals surface area contributed by atoms with E-state index in [0.717, 1.165) is 0 Å². The number of benzene rings is 1. The Hall–Kier alpha value is -1.90. The maximum atomic E-state index is 12.8. The van der Waals surface area contributed by atoms with E-state index in [9.17, 15) is 4.39 Å². The van der Waals surface area contributed by atoms with Crippen molar-refractivity contribution < 1.29 is 9.13 Å². The number of hydrogen-bond acceptors (Lipinski definition) is 2. The lowest BCUT2D eigenvalue weighted by molar-refractivity contribution is 0.473. The van der Waals surface area contributed by atoms with Crippen molar-refractivity contribution >= 4 is 0 Å². The molecule has 0 unspecified atom stereocenters. The van der Waals surface area contributed by atoms with Crippen LogP contribution in [-0.4, -0.2) is 4.98 Å². The van der Waals surface area contributed by atoms with E-state index in [1.165, 1.54) is 18.2 Å². The quantitative estimate of drug-likeness (QED) is 0.722. The Labute approximate surface area is 81.0 Å². The molecule has 0 spiro atoms. The third-order valence-corrected chi connectivity index (χ3v) is 1.60. The number of nitrogens with zero attached hydrogens (tertiary/aromatic N) is 1. The zero-order valence-electron chi connectivity index (χ0n) is 7.27. The molecule has 0 aliphatic heterocycles. The van der Waals surface area contributed by atoms with Gasteiger partial charge < -0.3 is 4.74 Å². The summed E-state index contributed by atoms with van der Waals surface area (Å²) in [6.07, 6.45) is 3.20. The molecule has 3 heteroatoms. The topological polar surface area (TPSA) is 22.1 Å². The predicted octanol–water partition coefficient (Wildman–Crippen LogP) is 2.81. The predicted molar refractivity (Wildman–Crippen MR) is 49.5 cm³/mol. The zero-order chi connectivity index (χ0) is 9.80. The van der Waals surface area contributed by atoms with Gasteiger partial charge in [0.15, 0.2) is 0 Å². The summed E-state index contributed by atoms with van der Waals surface area (Å²) in [6, 6.07) is 10.3. The van der Waals surface area contributed by atoms with Gasteiger partial charge in [-0.3, -0.25) is 4.98 Å². The van der Waals surface area contributed by atoms with Gasteiger partial charge in [0.05, 0.1) is 6.20 Å². The summed E-state index contributed by atoms with van der Waals surface area (Å²) >= 11 is 0. The highest BCUT2D eigenvalue weighted by Gasteiger charge is 1.97. The first-order valence-corrected chi connectivity index (χ1v) is 4.10. The van der Waals surface area contributed by atoms with Crippen LogP contribution in [0.25, 0.3) is 0 Å².